The second-order valence-corrected chi connectivity index (χ2v) is 2.15. The van der Waals surface area contributed by atoms with Crippen molar-refractivity contribution in [2.75, 3.05) is 13.2 Å². The number of aliphatic carboxylic acids is 1. The summed E-state index contributed by atoms with van der Waals surface area (Å²) in [7, 11) is 0. The molecule has 0 spiro atoms. The first-order chi connectivity index (χ1) is 4.22. The number of carboxylic acid groups (broad SMARTS) is 1. The fraction of sp³-hybridized carbons (Fsp3) is 0.800. The van der Waals surface area contributed by atoms with E-state index in [-0.39, 0.29) is 12.6 Å². The van der Waals surface area contributed by atoms with E-state index in [1.165, 1.54) is 0 Å². The van der Waals surface area contributed by atoms with Gasteiger partial charge in [0.05, 0.1) is 19.1 Å². The number of carbonyl (C=O) groups is 1. The molecule has 1 saturated heterocycles. The van der Waals surface area contributed by atoms with Gasteiger partial charge in [-0.3, -0.25) is 4.79 Å². The van der Waals surface area contributed by atoms with E-state index in [2.05, 4.69) is 0 Å². The molecule has 1 aliphatic heterocycles. The van der Waals surface area contributed by atoms with Crippen LogP contribution in [0.4, 0.5) is 0 Å². The molecular weight excluding hydrogens is 122 g/mol. The van der Waals surface area contributed by atoms with Gasteiger partial charge >= 0.3 is 5.97 Å². The summed E-state index contributed by atoms with van der Waals surface area (Å²) in [4.78, 5) is 10.3. The molecule has 4 heteroatoms. The molecule has 1 heterocycles. The standard InChI is InChI=1S/C5H9NO3/c6-4-2-9-1-3(4)5(7)8/h3-4H,1-2,6H2,(H,7,8)/t3?,4-/m1/s1. The van der Waals surface area contributed by atoms with Crippen LogP contribution in [0.15, 0.2) is 0 Å². The molecule has 2 atom stereocenters. The average Bonchev–Trinajstić information content (AvgIpc) is 2.13. The van der Waals surface area contributed by atoms with Gasteiger partial charge in [0, 0.05) is 6.04 Å². The van der Waals surface area contributed by atoms with E-state index in [0.29, 0.717) is 6.61 Å². The Bertz CT molecular complexity index is 125. The lowest BCUT2D eigenvalue weighted by molar-refractivity contribution is -0.141. The summed E-state index contributed by atoms with van der Waals surface area (Å²) in [6, 6.07) is -0.317. The lowest BCUT2D eigenvalue weighted by Crippen LogP contribution is -2.33. The minimum absolute atomic E-state index is 0.260. The van der Waals surface area contributed by atoms with Crippen molar-refractivity contribution in [2.45, 2.75) is 6.04 Å². The van der Waals surface area contributed by atoms with Crippen molar-refractivity contribution in [3.05, 3.63) is 0 Å². The molecule has 0 aromatic rings. The van der Waals surface area contributed by atoms with Gasteiger partial charge in [-0.05, 0) is 0 Å². The summed E-state index contributed by atoms with van der Waals surface area (Å²) in [5.74, 6) is -1.36. The zero-order chi connectivity index (χ0) is 6.85. The van der Waals surface area contributed by atoms with E-state index in [0.717, 1.165) is 0 Å². The maximum atomic E-state index is 10.3. The van der Waals surface area contributed by atoms with E-state index < -0.39 is 11.9 Å². The van der Waals surface area contributed by atoms with Crippen molar-refractivity contribution >= 4 is 5.97 Å². The highest BCUT2D eigenvalue weighted by atomic mass is 16.5. The minimum Gasteiger partial charge on any atom is -0.481 e. The molecule has 52 valence electrons. The quantitative estimate of drug-likeness (QED) is 0.481. The van der Waals surface area contributed by atoms with Crippen LogP contribution in [0.5, 0.6) is 0 Å². The van der Waals surface area contributed by atoms with Crippen molar-refractivity contribution in [1.82, 2.24) is 0 Å². The summed E-state index contributed by atoms with van der Waals surface area (Å²) in [6.07, 6.45) is 0. The van der Waals surface area contributed by atoms with Crippen LogP contribution in [0.2, 0.25) is 0 Å². The van der Waals surface area contributed by atoms with Crippen molar-refractivity contribution in [2.24, 2.45) is 11.7 Å². The Labute approximate surface area is 52.6 Å². The lowest BCUT2D eigenvalue weighted by atomic mass is 10.1. The van der Waals surface area contributed by atoms with Gasteiger partial charge < -0.3 is 15.6 Å². The van der Waals surface area contributed by atoms with E-state index in [1.54, 1.807) is 0 Å². The van der Waals surface area contributed by atoms with Gasteiger partial charge in [-0.2, -0.15) is 0 Å². The van der Waals surface area contributed by atoms with Crippen LogP contribution in [0.3, 0.4) is 0 Å². The van der Waals surface area contributed by atoms with E-state index in [1.807, 2.05) is 0 Å². The molecule has 0 amide bonds. The summed E-state index contributed by atoms with van der Waals surface area (Å²) >= 11 is 0. The highest BCUT2D eigenvalue weighted by Crippen LogP contribution is 2.10. The number of nitrogens with two attached hydrogens (primary N) is 1. The Morgan fingerprint density at radius 2 is 2.33 bits per heavy atom. The first-order valence-corrected chi connectivity index (χ1v) is 2.78. The monoisotopic (exact) mass is 131 g/mol. The number of carboxylic acids is 1. The maximum absolute atomic E-state index is 10.3. The van der Waals surface area contributed by atoms with Gasteiger partial charge in [-0.15, -0.1) is 0 Å². The predicted octanol–water partition coefficient (Wildman–Crippen LogP) is -0.955. The molecule has 1 unspecified atom stereocenters. The van der Waals surface area contributed by atoms with E-state index >= 15 is 0 Å². The van der Waals surface area contributed by atoms with Crippen LogP contribution < -0.4 is 5.73 Å². The van der Waals surface area contributed by atoms with Crippen molar-refractivity contribution in [3.8, 4) is 0 Å². The lowest BCUT2D eigenvalue weighted by Gasteiger charge is -2.04. The van der Waals surface area contributed by atoms with Crippen LogP contribution in [0.1, 0.15) is 0 Å². The number of rotatable bonds is 1. The Morgan fingerprint density at radius 1 is 1.67 bits per heavy atom. The second-order valence-electron chi connectivity index (χ2n) is 2.15. The summed E-state index contributed by atoms with van der Waals surface area (Å²) in [5.41, 5.74) is 5.37. The molecule has 9 heavy (non-hydrogen) atoms. The Morgan fingerprint density at radius 3 is 2.56 bits per heavy atom. The largest absolute Gasteiger partial charge is 0.481 e. The van der Waals surface area contributed by atoms with Gasteiger partial charge in [0.15, 0.2) is 0 Å². The molecule has 1 aliphatic rings. The topological polar surface area (TPSA) is 72.5 Å². The molecule has 4 nitrogen and oxygen atoms in total. The van der Waals surface area contributed by atoms with Gasteiger partial charge in [0.1, 0.15) is 0 Å². The normalized spacial score (nSPS) is 34.8. The van der Waals surface area contributed by atoms with Gasteiger partial charge in [0.2, 0.25) is 0 Å². The van der Waals surface area contributed by atoms with Crippen molar-refractivity contribution in [3.63, 3.8) is 0 Å². The van der Waals surface area contributed by atoms with Crippen LogP contribution in [-0.4, -0.2) is 30.3 Å². The molecule has 1 rings (SSSR count). The van der Waals surface area contributed by atoms with Crippen LogP contribution in [0.25, 0.3) is 0 Å². The van der Waals surface area contributed by atoms with Gasteiger partial charge in [0.25, 0.3) is 0 Å². The average molecular weight is 131 g/mol. The van der Waals surface area contributed by atoms with Crippen LogP contribution >= 0.6 is 0 Å². The zero-order valence-electron chi connectivity index (χ0n) is 4.91. The van der Waals surface area contributed by atoms with E-state index in [9.17, 15) is 4.79 Å². The number of hydrogen-bond acceptors (Lipinski definition) is 3. The molecule has 0 bridgehead atoms. The molecule has 0 aliphatic carbocycles. The molecule has 3 N–H and O–H groups in total. The van der Waals surface area contributed by atoms with Gasteiger partial charge in [-0.25, -0.2) is 0 Å². The molecule has 0 aromatic heterocycles. The van der Waals surface area contributed by atoms with Crippen LogP contribution in [-0.2, 0) is 9.53 Å². The van der Waals surface area contributed by atoms with Crippen LogP contribution in [0, 0.1) is 5.92 Å². The number of hydrogen-bond donors (Lipinski definition) is 2. The first kappa shape index (κ1) is 6.51. The molecule has 1 fully saturated rings. The highest BCUT2D eigenvalue weighted by molar-refractivity contribution is 5.71. The Balaban J connectivity index is 2.49. The molecule has 0 saturated carbocycles. The van der Waals surface area contributed by atoms with Crippen molar-refractivity contribution in [1.29, 1.82) is 0 Å². The predicted molar refractivity (Wildman–Crippen MR) is 29.9 cm³/mol. The fourth-order valence-electron chi connectivity index (χ4n) is 0.825. The third-order valence-electron chi connectivity index (χ3n) is 1.44. The Kier molecular flexibility index (Phi) is 1.68. The summed E-state index contributed by atoms with van der Waals surface area (Å²) < 4.78 is 4.82. The molecular formula is C5H9NO3. The molecule has 0 aromatic carbocycles. The van der Waals surface area contributed by atoms with Gasteiger partial charge in [-0.1, -0.05) is 0 Å². The van der Waals surface area contributed by atoms with E-state index in [4.69, 9.17) is 15.6 Å². The molecule has 0 radical (unpaired) electrons. The zero-order valence-corrected chi connectivity index (χ0v) is 4.91. The minimum atomic E-state index is -0.861. The van der Waals surface area contributed by atoms with Crippen molar-refractivity contribution < 1.29 is 14.6 Å². The third kappa shape index (κ3) is 1.20. The SMILES string of the molecule is N[C@@H]1COCC1C(=O)O. The maximum Gasteiger partial charge on any atom is 0.310 e. The smallest absolute Gasteiger partial charge is 0.310 e. The third-order valence-corrected chi connectivity index (χ3v) is 1.44. The summed E-state index contributed by atoms with van der Waals surface area (Å²) in [6.45, 7) is 0.632. The fourth-order valence-corrected chi connectivity index (χ4v) is 0.825. The second kappa shape index (κ2) is 2.33. The number of ether oxygens (including phenoxy) is 1. The first-order valence-electron chi connectivity index (χ1n) is 2.78. The Hall–Kier alpha value is -0.610. The highest BCUT2D eigenvalue weighted by Gasteiger charge is 2.30. The summed E-state index contributed by atoms with van der Waals surface area (Å²) in [5, 5.41) is 8.42.